The van der Waals surface area contributed by atoms with Gasteiger partial charge in [-0.2, -0.15) is 13.2 Å². The topological polar surface area (TPSA) is 104 Å². The zero-order valence-electron chi connectivity index (χ0n) is 13.8. The van der Waals surface area contributed by atoms with E-state index in [1.165, 1.54) is 0 Å². The van der Waals surface area contributed by atoms with Crippen LogP contribution >= 0.6 is 0 Å². The predicted octanol–water partition coefficient (Wildman–Crippen LogP) is 2.75. The summed E-state index contributed by atoms with van der Waals surface area (Å²) < 4.78 is 38.3. The van der Waals surface area contributed by atoms with Crippen LogP contribution in [-0.4, -0.2) is 42.5 Å². The molecular formula is C17H14F3N5O2. The van der Waals surface area contributed by atoms with Gasteiger partial charge in [-0.3, -0.25) is 4.98 Å². The minimum Gasteiger partial charge on any atom is -0.506 e. The molecule has 0 aliphatic heterocycles. The Kier molecular flexibility index (Phi) is 4.06. The molecule has 0 unspecified atom stereocenters. The summed E-state index contributed by atoms with van der Waals surface area (Å²) in [6, 6.07) is 3.97. The first-order valence-electron chi connectivity index (χ1n) is 8.15. The number of pyridine rings is 2. The van der Waals surface area contributed by atoms with Gasteiger partial charge in [0, 0.05) is 23.8 Å². The Morgan fingerprint density at radius 1 is 1.11 bits per heavy atom. The van der Waals surface area contributed by atoms with Crippen LogP contribution in [0, 0.1) is 0 Å². The SMILES string of the molecule is Oc1cc(C(F)(F)F)cnc1-c1nnc(NC2CC(O)C2)c2ncccc12. The van der Waals surface area contributed by atoms with Crippen molar-refractivity contribution < 1.29 is 23.4 Å². The van der Waals surface area contributed by atoms with E-state index in [9.17, 15) is 23.4 Å². The number of aromatic nitrogens is 4. The highest BCUT2D eigenvalue weighted by atomic mass is 19.4. The number of alkyl halides is 3. The maximum absolute atomic E-state index is 12.8. The zero-order valence-corrected chi connectivity index (χ0v) is 13.8. The van der Waals surface area contributed by atoms with Crippen LogP contribution in [0.3, 0.4) is 0 Å². The van der Waals surface area contributed by atoms with Gasteiger partial charge < -0.3 is 15.5 Å². The summed E-state index contributed by atoms with van der Waals surface area (Å²) in [4.78, 5) is 8.01. The number of nitrogens with zero attached hydrogens (tertiary/aromatic N) is 4. The molecule has 0 aromatic carbocycles. The molecule has 3 heterocycles. The van der Waals surface area contributed by atoms with Crippen molar-refractivity contribution in [2.24, 2.45) is 0 Å². The number of hydrogen-bond acceptors (Lipinski definition) is 7. The van der Waals surface area contributed by atoms with Crippen molar-refractivity contribution in [2.75, 3.05) is 5.32 Å². The van der Waals surface area contributed by atoms with Crippen LogP contribution < -0.4 is 5.32 Å². The summed E-state index contributed by atoms with van der Waals surface area (Å²) >= 11 is 0. The molecule has 0 saturated heterocycles. The fraction of sp³-hybridized carbons (Fsp3) is 0.294. The Hall–Kier alpha value is -3.01. The number of aliphatic hydroxyl groups is 1. The predicted molar refractivity (Wildman–Crippen MR) is 89.9 cm³/mol. The van der Waals surface area contributed by atoms with Gasteiger partial charge in [0.2, 0.25) is 0 Å². The number of halogens is 3. The summed E-state index contributed by atoms with van der Waals surface area (Å²) in [6.07, 6.45) is -1.60. The van der Waals surface area contributed by atoms with Gasteiger partial charge in [0.25, 0.3) is 0 Å². The second-order valence-corrected chi connectivity index (χ2v) is 6.35. The minimum atomic E-state index is -4.61. The third-order valence-electron chi connectivity index (χ3n) is 4.41. The smallest absolute Gasteiger partial charge is 0.418 e. The summed E-state index contributed by atoms with van der Waals surface area (Å²) in [7, 11) is 0. The molecule has 7 nitrogen and oxygen atoms in total. The van der Waals surface area contributed by atoms with Crippen molar-refractivity contribution >= 4 is 16.7 Å². The Morgan fingerprint density at radius 2 is 1.89 bits per heavy atom. The van der Waals surface area contributed by atoms with E-state index in [2.05, 4.69) is 25.5 Å². The van der Waals surface area contributed by atoms with Crippen LogP contribution in [0.25, 0.3) is 22.3 Å². The first kappa shape index (κ1) is 17.4. The minimum absolute atomic E-state index is 0.0444. The molecule has 0 bridgehead atoms. The Labute approximate surface area is 150 Å². The van der Waals surface area contributed by atoms with E-state index in [0.29, 0.717) is 41.8 Å². The third-order valence-corrected chi connectivity index (χ3v) is 4.41. The largest absolute Gasteiger partial charge is 0.506 e. The lowest BCUT2D eigenvalue weighted by Crippen LogP contribution is -2.39. The monoisotopic (exact) mass is 377 g/mol. The fourth-order valence-corrected chi connectivity index (χ4v) is 2.95. The lowest BCUT2D eigenvalue weighted by Gasteiger charge is -2.32. The first-order chi connectivity index (χ1) is 12.8. The summed E-state index contributed by atoms with van der Waals surface area (Å²) in [6.45, 7) is 0. The van der Waals surface area contributed by atoms with Gasteiger partial charge in [-0.25, -0.2) is 4.98 Å². The zero-order chi connectivity index (χ0) is 19.2. The lowest BCUT2D eigenvalue weighted by atomic mass is 9.89. The van der Waals surface area contributed by atoms with E-state index in [1.54, 1.807) is 18.3 Å². The number of rotatable bonds is 3. The number of anilines is 1. The molecule has 3 aromatic rings. The molecule has 140 valence electrons. The maximum Gasteiger partial charge on any atom is 0.418 e. The second kappa shape index (κ2) is 6.31. The van der Waals surface area contributed by atoms with Crippen LogP contribution in [0.1, 0.15) is 18.4 Å². The van der Waals surface area contributed by atoms with Crippen LogP contribution in [0.2, 0.25) is 0 Å². The molecule has 0 radical (unpaired) electrons. The van der Waals surface area contributed by atoms with Gasteiger partial charge in [-0.1, -0.05) is 0 Å². The summed E-state index contributed by atoms with van der Waals surface area (Å²) in [5, 5.41) is 31.2. The number of fused-ring (bicyclic) bond motifs is 1. The molecule has 3 N–H and O–H groups in total. The van der Waals surface area contributed by atoms with E-state index >= 15 is 0 Å². The van der Waals surface area contributed by atoms with Crippen LogP contribution in [0.15, 0.2) is 30.6 Å². The highest BCUT2D eigenvalue weighted by Crippen LogP contribution is 2.37. The van der Waals surface area contributed by atoms with E-state index in [-0.39, 0.29) is 23.5 Å². The quantitative estimate of drug-likeness (QED) is 0.645. The molecule has 0 spiro atoms. The highest BCUT2D eigenvalue weighted by molar-refractivity contribution is 5.97. The number of aliphatic hydroxyl groups excluding tert-OH is 1. The van der Waals surface area contributed by atoms with Crippen molar-refractivity contribution in [1.82, 2.24) is 20.2 Å². The fourth-order valence-electron chi connectivity index (χ4n) is 2.95. The van der Waals surface area contributed by atoms with Crippen LogP contribution in [-0.2, 0) is 6.18 Å². The average Bonchev–Trinajstić information content (AvgIpc) is 2.60. The molecule has 1 fully saturated rings. The Balaban J connectivity index is 1.77. The van der Waals surface area contributed by atoms with Gasteiger partial charge in [-0.05, 0) is 31.0 Å². The molecule has 1 aliphatic rings. The highest BCUT2D eigenvalue weighted by Gasteiger charge is 2.32. The van der Waals surface area contributed by atoms with E-state index < -0.39 is 17.5 Å². The van der Waals surface area contributed by atoms with E-state index in [0.717, 1.165) is 0 Å². The van der Waals surface area contributed by atoms with Crippen molar-refractivity contribution in [3.05, 3.63) is 36.2 Å². The van der Waals surface area contributed by atoms with Gasteiger partial charge in [0.15, 0.2) is 5.82 Å². The second-order valence-electron chi connectivity index (χ2n) is 6.35. The standard InChI is InChI=1S/C17H14F3N5O2/c18-17(19,20)8-4-12(27)15(22-7-8)13-11-2-1-3-21-14(11)16(25-24-13)23-9-5-10(26)6-9/h1-4,7,9-10,26-27H,5-6H2,(H,23,25). The number of nitrogens with one attached hydrogen (secondary N) is 1. The molecule has 27 heavy (non-hydrogen) atoms. The lowest BCUT2D eigenvalue weighted by molar-refractivity contribution is -0.137. The maximum atomic E-state index is 12.8. The molecule has 4 rings (SSSR count). The van der Waals surface area contributed by atoms with Gasteiger partial charge >= 0.3 is 6.18 Å². The number of hydrogen-bond donors (Lipinski definition) is 3. The van der Waals surface area contributed by atoms with Crippen molar-refractivity contribution in [3.8, 4) is 17.1 Å². The molecule has 0 amide bonds. The normalized spacial score (nSPS) is 19.7. The first-order valence-corrected chi connectivity index (χ1v) is 8.15. The van der Waals surface area contributed by atoms with Gasteiger partial charge in [-0.15, -0.1) is 10.2 Å². The summed E-state index contributed by atoms with van der Waals surface area (Å²) in [5.74, 6) is -0.246. The molecule has 1 aliphatic carbocycles. The molecule has 3 aromatic heterocycles. The average molecular weight is 377 g/mol. The molecule has 1 saturated carbocycles. The van der Waals surface area contributed by atoms with E-state index in [1.807, 2.05) is 0 Å². The molecular weight excluding hydrogens is 363 g/mol. The van der Waals surface area contributed by atoms with Gasteiger partial charge in [0.05, 0.1) is 11.7 Å². The van der Waals surface area contributed by atoms with Crippen molar-refractivity contribution in [3.63, 3.8) is 0 Å². The van der Waals surface area contributed by atoms with Crippen molar-refractivity contribution in [1.29, 1.82) is 0 Å². The van der Waals surface area contributed by atoms with Crippen LogP contribution in [0.5, 0.6) is 5.75 Å². The summed E-state index contributed by atoms with van der Waals surface area (Å²) in [5.41, 5.74) is -0.589. The van der Waals surface area contributed by atoms with Gasteiger partial charge in [0.1, 0.15) is 22.7 Å². The molecule has 10 heteroatoms. The Bertz CT molecular complexity index is 1010. The number of aromatic hydroxyl groups is 1. The third kappa shape index (κ3) is 3.23. The van der Waals surface area contributed by atoms with Crippen molar-refractivity contribution in [2.45, 2.75) is 31.2 Å². The molecule has 0 atom stereocenters. The van der Waals surface area contributed by atoms with Crippen LogP contribution in [0.4, 0.5) is 19.0 Å². The Morgan fingerprint density at radius 3 is 2.56 bits per heavy atom. The van der Waals surface area contributed by atoms with E-state index in [4.69, 9.17) is 0 Å².